The predicted octanol–water partition coefficient (Wildman–Crippen LogP) is 2.24. The Morgan fingerprint density at radius 1 is 1.09 bits per heavy atom. The number of hydrogen-bond donors (Lipinski definition) is 3. The first-order chi connectivity index (χ1) is 11.0. The summed E-state index contributed by atoms with van der Waals surface area (Å²) in [7, 11) is 2.82. The lowest BCUT2D eigenvalue weighted by atomic mass is 10.1. The van der Waals surface area contributed by atoms with E-state index in [2.05, 4.69) is 5.32 Å². The van der Waals surface area contributed by atoms with Crippen molar-refractivity contribution in [2.45, 2.75) is 0 Å². The molecule has 0 atom stereocenters. The number of aromatic carboxylic acids is 1. The highest BCUT2D eigenvalue weighted by Crippen LogP contribution is 2.33. The molecule has 0 bridgehead atoms. The smallest absolute Gasteiger partial charge is 0.337 e. The fourth-order valence-electron chi connectivity index (χ4n) is 2.03. The number of carboxylic acid groups (broad SMARTS) is 1. The number of nitrogen functional groups attached to an aromatic ring is 1. The Morgan fingerprint density at radius 2 is 1.74 bits per heavy atom. The van der Waals surface area contributed by atoms with Crippen molar-refractivity contribution in [3.63, 3.8) is 0 Å². The molecule has 0 saturated carbocycles. The predicted molar refractivity (Wildman–Crippen MR) is 85.3 cm³/mol. The maximum Gasteiger partial charge on any atom is 0.337 e. The first kappa shape index (κ1) is 16.2. The van der Waals surface area contributed by atoms with Gasteiger partial charge in [0, 0.05) is 23.4 Å². The molecule has 2 aromatic carbocycles. The van der Waals surface area contributed by atoms with E-state index < -0.39 is 11.9 Å². The van der Waals surface area contributed by atoms with Gasteiger partial charge in [0.05, 0.1) is 25.5 Å². The highest BCUT2D eigenvalue weighted by molar-refractivity contribution is 6.08. The number of nitrogens with one attached hydrogen (secondary N) is 1. The number of ether oxygens (including phenoxy) is 2. The highest BCUT2D eigenvalue weighted by Gasteiger charge is 2.18. The Morgan fingerprint density at radius 3 is 2.30 bits per heavy atom. The minimum atomic E-state index is -1.20. The Hall–Kier alpha value is -3.22. The second-order valence-electron chi connectivity index (χ2n) is 4.64. The molecule has 120 valence electrons. The molecule has 0 heterocycles. The van der Waals surface area contributed by atoms with Gasteiger partial charge in [0.15, 0.2) is 11.5 Å². The number of methoxy groups -OCH3 is 2. The van der Waals surface area contributed by atoms with E-state index in [9.17, 15) is 14.7 Å². The van der Waals surface area contributed by atoms with Crippen molar-refractivity contribution in [3.8, 4) is 11.5 Å². The summed E-state index contributed by atoms with van der Waals surface area (Å²) in [6.07, 6.45) is 0. The van der Waals surface area contributed by atoms with Crippen LogP contribution in [-0.4, -0.2) is 31.2 Å². The summed E-state index contributed by atoms with van der Waals surface area (Å²) in [6.45, 7) is 0. The van der Waals surface area contributed by atoms with Gasteiger partial charge in [-0.2, -0.15) is 0 Å². The summed E-state index contributed by atoms with van der Waals surface area (Å²) in [5.41, 5.74) is 6.38. The van der Waals surface area contributed by atoms with Crippen LogP contribution >= 0.6 is 0 Å². The van der Waals surface area contributed by atoms with E-state index in [0.29, 0.717) is 17.0 Å². The van der Waals surface area contributed by atoms with Gasteiger partial charge in [-0.3, -0.25) is 4.79 Å². The van der Waals surface area contributed by atoms with E-state index >= 15 is 0 Å². The van der Waals surface area contributed by atoms with Crippen molar-refractivity contribution >= 4 is 23.3 Å². The van der Waals surface area contributed by atoms with Crippen LogP contribution in [0.15, 0.2) is 36.4 Å². The molecule has 0 fully saturated rings. The largest absolute Gasteiger partial charge is 0.493 e. The van der Waals surface area contributed by atoms with Gasteiger partial charge < -0.3 is 25.6 Å². The number of hydrogen-bond acceptors (Lipinski definition) is 5. The van der Waals surface area contributed by atoms with Crippen LogP contribution in [0.2, 0.25) is 0 Å². The molecular weight excluding hydrogens is 300 g/mol. The average molecular weight is 316 g/mol. The fourth-order valence-corrected chi connectivity index (χ4v) is 2.03. The first-order valence-electron chi connectivity index (χ1n) is 6.62. The number of anilines is 2. The summed E-state index contributed by atoms with van der Waals surface area (Å²) in [6, 6.07) is 9.04. The normalized spacial score (nSPS) is 10.0. The maximum absolute atomic E-state index is 12.3. The summed E-state index contributed by atoms with van der Waals surface area (Å²) < 4.78 is 10.2. The van der Waals surface area contributed by atoms with Crippen molar-refractivity contribution in [1.82, 2.24) is 0 Å². The van der Waals surface area contributed by atoms with Crippen LogP contribution in [0.3, 0.4) is 0 Å². The minimum Gasteiger partial charge on any atom is -0.493 e. The van der Waals surface area contributed by atoms with Gasteiger partial charge in [-0.1, -0.05) is 6.07 Å². The number of carbonyl (C=O) groups excluding carboxylic acids is 1. The molecule has 7 heteroatoms. The van der Waals surface area contributed by atoms with Crippen LogP contribution in [0.5, 0.6) is 11.5 Å². The molecule has 7 nitrogen and oxygen atoms in total. The van der Waals surface area contributed by atoms with Gasteiger partial charge >= 0.3 is 5.97 Å². The maximum atomic E-state index is 12.3. The number of nitrogens with two attached hydrogens (primary N) is 1. The molecule has 2 rings (SSSR count). The van der Waals surface area contributed by atoms with E-state index in [1.807, 2.05) is 0 Å². The van der Waals surface area contributed by atoms with Crippen LogP contribution in [0.1, 0.15) is 20.7 Å². The van der Waals surface area contributed by atoms with Crippen LogP contribution in [0.4, 0.5) is 11.4 Å². The van der Waals surface area contributed by atoms with Gasteiger partial charge in [-0.25, -0.2) is 4.79 Å². The molecule has 1 amide bonds. The minimum absolute atomic E-state index is 0.0996. The lowest BCUT2D eigenvalue weighted by Gasteiger charge is -2.14. The molecule has 4 N–H and O–H groups in total. The Kier molecular flexibility index (Phi) is 4.70. The van der Waals surface area contributed by atoms with E-state index in [4.69, 9.17) is 15.2 Å². The Labute approximate surface area is 132 Å². The summed E-state index contributed by atoms with van der Waals surface area (Å²) in [5, 5.41) is 11.9. The van der Waals surface area contributed by atoms with Crippen molar-refractivity contribution in [2.75, 3.05) is 25.3 Å². The molecule has 0 aromatic heterocycles. The summed E-state index contributed by atoms with van der Waals surface area (Å²) >= 11 is 0. The van der Waals surface area contributed by atoms with Crippen molar-refractivity contribution in [3.05, 3.63) is 47.5 Å². The number of carbonyl (C=O) groups is 2. The van der Waals surface area contributed by atoms with Crippen molar-refractivity contribution < 1.29 is 24.2 Å². The Bertz CT molecular complexity index is 758. The quantitative estimate of drug-likeness (QED) is 0.730. The van der Waals surface area contributed by atoms with Crippen LogP contribution in [0.25, 0.3) is 0 Å². The molecule has 0 aliphatic carbocycles. The fraction of sp³-hybridized carbons (Fsp3) is 0.125. The molecule has 0 aliphatic heterocycles. The third kappa shape index (κ3) is 3.52. The number of rotatable bonds is 5. The average Bonchev–Trinajstić information content (AvgIpc) is 2.54. The lowest BCUT2D eigenvalue weighted by molar-refractivity contribution is 0.0697. The molecule has 2 aromatic rings. The molecule has 23 heavy (non-hydrogen) atoms. The zero-order chi connectivity index (χ0) is 17.0. The molecule has 0 saturated heterocycles. The molecular formula is C16H16N2O5. The SMILES string of the molecule is COc1cc(NC(=O)c2cccc(N)c2)c(C(=O)O)cc1OC. The second kappa shape index (κ2) is 6.69. The highest BCUT2D eigenvalue weighted by atomic mass is 16.5. The van der Waals surface area contributed by atoms with Crippen LogP contribution in [0, 0.1) is 0 Å². The van der Waals surface area contributed by atoms with Gasteiger partial charge in [0.2, 0.25) is 0 Å². The topological polar surface area (TPSA) is 111 Å². The van der Waals surface area contributed by atoms with Crippen molar-refractivity contribution in [2.24, 2.45) is 0 Å². The van der Waals surface area contributed by atoms with E-state index in [-0.39, 0.29) is 17.0 Å². The Balaban J connectivity index is 2.41. The molecule has 0 radical (unpaired) electrons. The third-order valence-electron chi connectivity index (χ3n) is 3.15. The van der Waals surface area contributed by atoms with Crippen LogP contribution in [-0.2, 0) is 0 Å². The monoisotopic (exact) mass is 316 g/mol. The third-order valence-corrected chi connectivity index (χ3v) is 3.15. The number of carboxylic acids is 1. The van der Waals surface area contributed by atoms with Gasteiger partial charge in [0.25, 0.3) is 5.91 Å². The van der Waals surface area contributed by atoms with E-state index in [1.54, 1.807) is 18.2 Å². The first-order valence-corrected chi connectivity index (χ1v) is 6.62. The molecule has 0 aliphatic rings. The van der Waals surface area contributed by atoms with E-state index in [0.717, 1.165) is 0 Å². The van der Waals surface area contributed by atoms with Gasteiger partial charge in [-0.15, -0.1) is 0 Å². The van der Waals surface area contributed by atoms with Gasteiger partial charge in [0.1, 0.15) is 0 Å². The zero-order valence-corrected chi connectivity index (χ0v) is 12.6. The molecule has 0 unspecified atom stereocenters. The summed E-state index contributed by atoms with van der Waals surface area (Å²) in [5.74, 6) is -1.12. The molecule has 0 spiro atoms. The lowest BCUT2D eigenvalue weighted by Crippen LogP contribution is -2.15. The zero-order valence-electron chi connectivity index (χ0n) is 12.6. The van der Waals surface area contributed by atoms with E-state index in [1.165, 1.54) is 32.4 Å². The number of benzene rings is 2. The second-order valence-corrected chi connectivity index (χ2v) is 4.64. The number of amides is 1. The van der Waals surface area contributed by atoms with Gasteiger partial charge in [-0.05, 0) is 18.2 Å². The van der Waals surface area contributed by atoms with Crippen molar-refractivity contribution in [1.29, 1.82) is 0 Å². The van der Waals surface area contributed by atoms with Crippen LogP contribution < -0.4 is 20.5 Å². The standard InChI is InChI=1S/C16H16N2O5/c1-22-13-7-11(16(20)21)12(8-14(13)23-2)18-15(19)9-4-3-5-10(17)6-9/h3-8H,17H2,1-2H3,(H,18,19)(H,20,21). The summed E-state index contributed by atoms with van der Waals surface area (Å²) in [4.78, 5) is 23.7.